The lowest BCUT2D eigenvalue weighted by Crippen LogP contribution is -2.27. The van der Waals surface area contributed by atoms with E-state index < -0.39 is 0 Å². The van der Waals surface area contributed by atoms with Crippen molar-refractivity contribution < 1.29 is 18.8 Å². The molecule has 1 amide bonds. The summed E-state index contributed by atoms with van der Waals surface area (Å²) in [5.41, 5.74) is 2.38. The van der Waals surface area contributed by atoms with E-state index >= 15 is 0 Å². The average molecular weight is 449 g/mol. The van der Waals surface area contributed by atoms with E-state index in [2.05, 4.69) is 20.4 Å². The first-order valence-electron chi connectivity index (χ1n) is 11.5. The standard InChI is InChI=1S/C25H28N4O4/c1-17(27-25(30)23-10-13-32-28-23)19-4-6-21(7-5-19)33-22-9-12-29(15-22)20-8-11-26-24(14-20)31-16-18-2-3-18/h4-8,10-11,13-14,17-18,22H,2-3,9,12,15-16H2,1H3,(H,27,30)/t17-,22?/m0/s1. The van der Waals surface area contributed by atoms with Gasteiger partial charge in [0.2, 0.25) is 5.88 Å². The van der Waals surface area contributed by atoms with Crippen LogP contribution in [0.15, 0.2) is 59.4 Å². The fraction of sp³-hybridized carbons (Fsp3) is 0.400. The number of nitrogens with zero attached hydrogens (tertiary/aromatic N) is 3. The summed E-state index contributed by atoms with van der Waals surface area (Å²) < 4.78 is 16.8. The van der Waals surface area contributed by atoms with Gasteiger partial charge in [-0.1, -0.05) is 17.3 Å². The van der Waals surface area contributed by atoms with Crippen molar-refractivity contribution in [2.24, 2.45) is 5.92 Å². The maximum absolute atomic E-state index is 12.1. The third-order valence-corrected chi connectivity index (χ3v) is 6.09. The first kappa shape index (κ1) is 21.3. The monoisotopic (exact) mass is 448 g/mol. The van der Waals surface area contributed by atoms with Gasteiger partial charge in [0.05, 0.1) is 19.2 Å². The minimum Gasteiger partial charge on any atom is -0.489 e. The van der Waals surface area contributed by atoms with Crippen LogP contribution in [-0.4, -0.2) is 41.8 Å². The highest BCUT2D eigenvalue weighted by Gasteiger charge is 2.25. The minimum atomic E-state index is -0.264. The summed E-state index contributed by atoms with van der Waals surface area (Å²) in [7, 11) is 0. The van der Waals surface area contributed by atoms with Crippen LogP contribution in [0.4, 0.5) is 5.69 Å². The van der Waals surface area contributed by atoms with E-state index in [9.17, 15) is 4.79 Å². The lowest BCUT2D eigenvalue weighted by molar-refractivity contribution is 0.0930. The molecule has 0 radical (unpaired) electrons. The Kier molecular flexibility index (Phi) is 6.15. The normalized spacial score (nSPS) is 18.7. The Hall–Kier alpha value is -3.55. The molecule has 3 aromatic rings. The number of anilines is 1. The largest absolute Gasteiger partial charge is 0.489 e. The van der Waals surface area contributed by atoms with E-state index in [-0.39, 0.29) is 23.7 Å². The maximum atomic E-state index is 12.1. The van der Waals surface area contributed by atoms with Crippen molar-refractivity contribution in [3.8, 4) is 11.6 Å². The van der Waals surface area contributed by atoms with Crippen molar-refractivity contribution >= 4 is 11.6 Å². The Morgan fingerprint density at radius 3 is 2.82 bits per heavy atom. The number of benzene rings is 1. The van der Waals surface area contributed by atoms with Crippen LogP contribution in [0.2, 0.25) is 0 Å². The van der Waals surface area contributed by atoms with E-state index in [1.54, 1.807) is 0 Å². The second kappa shape index (κ2) is 9.52. The van der Waals surface area contributed by atoms with Gasteiger partial charge in [0.1, 0.15) is 18.1 Å². The zero-order valence-electron chi connectivity index (χ0n) is 18.6. The lowest BCUT2D eigenvalue weighted by atomic mass is 10.1. The average Bonchev–Trinajstić information content (AvgIpc) is 3.29. The van der Waals surface area contributed by atoms with E-state index in [0.717, 1.165) is 43.1 Å². The van der Waals surface area contributed by atoms with E-state index in [1.807, 2.05) is 49.5 Å². The minimum absolute atomic E-state index is 0.115. The smallest absolute Gasteiger partial charge is 0.273 e. The molecule has 8 nitrogen and oxygen atoms in total. The molecule has 1 saturated heterocycles. The fourth-order valence-corrected chi connectivity index (χ4v) is 3.93. The Balaban J connectivity index is 1.13. The molecular weight excluding hydrogens is 420 g/mol. The highest BCUT2D eigenvalue weighted by molar-refractivity contribution is 5.92. The van der Waals surface area contributed by atoms with Crippen LogP contribution in [0.5, 0.6) is 11.6 Å². The third kappa shape index (κ3) is 5.45. The van der Waals surface area contributed by atoms with E-state index in [1.165, 1.54) is 25.2 Å². The highest BCUT2D eigenvalue weighted by Crippen LogP contribution is 2.30. The van der Waals surface area contributed by atoms with Gasteiger partial charge in [-0.05, 0) is 49.4 Å². The first-order valence-corrected chi connectivity index (χ1v) is 11.5. The van der Waals surface area contributed by atoms with Crippen LogP contribution in [0.3, 0.4) is 0 Å². The van der Waals surface area contributed by atoms with Crippen LogP contribution in [0.1, 0.15) is 48.3 Å². The molecule has 1 unspecified atom stereocenters. The van der Waals surface area contributed by atoms with Gasteiger partial charge in [0, 0.05) is 37.0 Å². The maximum Gasteiger partial charge on any atom is 0.273 e. The zero-order valence-corrected chi connectivity index (χ0v) is 18.6. The number of amides is 1. The summed E-state index contributed by atoms with van der Waals surface area (Å²) in [6.45, 7) is 4.44. The van der Waals surface area contributed by atoms with Crippen molar-refractivity contribution in [2.45, 2.75) is 38.3 Å². The Morgan fingerprint density at radius 1 is 1.21 bits per heavy atom. The van der Waals surface area contributed by atoms with Gasteiger partial charge >= 0.3 is 0 Å². The highest BCUT2D eigenvalue weighted by atomic mass is 16.5. The first-order chi connectivity index (χ1) is 16.1. The molecule has 2 atom stereocenters. The van der Waals surface area contributed by atoms with Crippen LogP contribution >= 0.6 is 0 Å². The second-order valence-corrected chi connectivity index (χ2v) is 8.73. The summed E-state index contributed by atoms with van der Waals surface area (Å²) in [5.74, 6) is 1.96. The van der Waals surface area contributed by atoms with Crippen molar-refractivity contribution in [1.82, 2.24) is 15.5 Å². The summed E-state index contributed by atoms with van der Waals surface area (Å²) in [6.07, 6.45) is 6.79. The molecule has 1 aromatic carbocycles. The molecule has 2 aromatic heterocycles. The van der Waals surface area contributed by atoms with E-state index in [4.69, 9.17) is 14.0 Å². The number of nitrogens with one attached hydrogen (secondary N) is 1. The van der Waals surface area contributed by atoms with Crippen molar-refractivity contribution in [2.75, 3.05) is 24.6 Å². The molecule has 2 fully saturated rings. The molecule has 0 spiro atoms. The summed E-state index contributed by atoms with van der Waals surface area (Å²) in [4.78, 5) is 18.8. The van der Waals surface area contributed by atoms with Crippen LogP contribution < -0.4 is 19.7 Å². The number of rotatable bonds is 9. The molecule has 33 heavy (non-hydrogen) atoms. The Bertz CT molecular complexity index is 1070. The van der Waals surface area contributed by atoms with Gasteiger partial charge in [-0.15, -0.1) is 0 Å². The second-order valence-electron chi connectivity index (χ2n) is 8.73. The molecule has 0 bridgehead atoms. The zero-order chi connectivity index (χ0) is 22.6. The molecule has 1 N–H and O–H groups in total. The molecule has 5 rings (SSSR count). The Labute approximate surface area is 192 Å². The molecule has 2 aliphatic rings. The lowest BCUT2D eigenvalue weighted by Gasteiger charge is -2.20. The molecule has 3 heterocycles. The van der Waals surface area contributed by atoms with Crippen LogP contribution in [0.25, 0.3) is 0 Å². The predicted octanol–water partition coefficient (Wildman–Crippen LogP) is 4.01. The Morgan fingerprint density at radius 2 is 2.06 bits per heavy atom. The van der Waals surface area contributed by atoms with Gasteiger partial charge < -0.3 is 24.2 Å². The van der Waals surface area contributed by atoms with Gasteiger partial charge in [-0.3, -0.25) is 4.79 Å². The summed E-state index contributed by atoms with van der Waals surface area (Å²) >= 11 is 0. The molecule has 1 saturated carbocycles. The van der Waals surface area contributed by atoms with Crippen molar-refractivity contribution in [1.29, 1.82) is 0 Å². The quantitative estimate of drug-likeness (QED) is 0.529. The number of ether oxygens (including phenoxy) is 2. The SMILES string of the molecule is C[C@H](NC(=O)c1ccon1)c1ccc(OC2CCN(c3ccnc(OCC4CC4)c3)C2)cc1. The molecule has 8 heteroatoms. The van der Waals surface area contributed by atoms with Gasteiger partial charge in [0.15, 0.2) is 5.69 Å². The predicted molar refractivity (Wildman–Crippen MR) is 123 cm³/mol. The topological polar surface area (TPSA) is 89.7 Å². The third-order valence-electron chi connectivity index (χ3n) is 6.09. The molecule has 1 aliphatic heterocycles. The van der Waals surface area contributed by atoms with Crippen LogP contribution in [0, 0.1) is 5.92 Å². The number of pyridine rings is 1. The molecule has 1 aliphatic carbocycles. The summed E-state index contributed by atoms with van der Waals surface area (Å²) in [5, 5.41) is 6.58. The van der Waals surface area contributed by atoms with Gasteiger partial charge in [-0.2, -0.15) is 0 Å². The van der Waals surface area contributed by atoms with E-state index in [0.29, 0.717) is 11.8 Å². The molecule has 172 valence electrons. The number of hydrogen-bond donors (Lipinski definition) is 1. The number of carbonyl (C=O) groups is 1. The van der Waals surface area contributed by atoms with Crippen molar-refractivity contribution in [3.05, 3.63) is 66.2 Å². The van der Waals surface area contributed by atoms with Crippen LogP contribution in [-0.2, 0) is 0 Å². The number of aromatic nitrogens is 2. The van der Waals surface area contributed by atoms with Crippen molar-refractivity contribution in [3.63, 3.8) is 0 Å². The number of carbonyl (C=O) groups excluding carboxylic acids is 1. The van der Waals surface area contributed by atoms with Gasteiger partial charge in [0.25, 0.3) is 5.91 Å². The van der Waals surface area contributed by atoms with Gasteiger partial charge in [-0.25, -0.2) is 4.98 Å². The molecular formula is C25H28N4O4. The fourth-order valence-electron chi connectivity index (χ4n) is 3.93. The number of hydrogen-bond acceptors (Lipinski definition) is 7. The summed E-state index contributed by atoms with van der Waals surface area (Å²) in [6, 6.07) is 13.3.